The van der Waals surface area contributed by atoms with Crippen molar-refractivity contribution in [2.75, 3.05) is 36.5 Å². The lowest BCUT2D eigenvalue weighted by Gasteiger charge is -2.38. The summed E-state index contributed by atoms with van der Waals surface area (Å²) in [6, 6.07) is 13.8. The summed E-state index contributed by atoms with van der Waals surface area (Å²) in [4.78, 5) is 32.5. The van der Waals surface area contributed by atoms with Gasteiger partial charge in [-0.05, 0) is 48.5 Å². The molecule has 2 fully saturated rings. The molecule has 2 aliphatic heterocycles. The minimum atomic E-state index is -0.749. The van der Waals surface area contributed by atoms with Crippen LogP contribution in [0.2, 0.25) is 0 Å². The van der Waals surface area contributed by atoms with Crippen molar-refractivity contribution in [3.05, 3.63) is 106 Å². The van der Waals surface area contributed by atoms with E-state index in [-0.39, 0.29) is 23.4 Å². The van der Waals surface area contributed by atoms with Gasteiger partial charge in [0, 0.05) is 68.3 Å². The van der Waals surface area contributed by atoms with Gasteiger partial charge >= 0.3 is 0 Å². The molecule has 44 heavy (non-hydrogen) atoms. The zero-order valence-electron chi connectivity index (χ0n) is 23.6. The molecule has 0 saturated carbocycles. The summed E-state index contributed by atoms with van der Waals surface area (Å²) in [5, 5.41) is 10.1. The molecule has 2 aromatic carbocycles. The van der Waals surface area contributed by atoms with Crippen LogP contribution in [0.1, 0.15) is 28.9 Å². The molecule has 1 amide bonds. The van der Waals surface area contributed by atoms with Gasteiger partial charge in [0.05, 0.1) is 30.8 Å². The Balaban J connectivity index is 1.18. The highest BCUT2D eigenvalue weighted by Gasteiger charge is 2.40. The number of anilines is 2. The maximum Gasteiger partial charge on any atom is 0.267 e. The van der Waals surface area contributed by atoms with Crippen molar-refractivity contribution in [1.29, 1.82) is 5.41 Å². The highest BCUT2D eigenvalue weighted by molar-refractivity contribution is 6.04. The van der Waals surface area contributed by atoms with E-state index >= 15 is 4.39 Å². The number of nitrogens with one attached hydrogen (secondary N) is 2. The Kier molecular flexibility index (Phi) is 8.18. The van der Waals surface area contributed by atoms with Crippen LogP contribution in [0, 0.1) is 17.0 Å². The molecule has 4 heterocycles. The molecule has 12 heteroatoms. The lowest BCUT2D eigenvalue weighted by Crippen LogP contribution is -2.45. The largest absolute Gasteiger partial charge is 0.452 e. The SMILES string of the molecule is N=CCc1ncc(N2CCC3(CC2)OCCO3)cc1Oc1ccc(NC(=O)c2cccn(-c3ccc(F)cc3)c2=O)cc1F. The Labute approximate surface area is 251 Å². The molecule has 1 spiro atoms. The molecule has 226 valence electrons. The molecular weight excluding hydrogens is 572 g/mol. The van der Waals surface area contributed by atoms with E-state index in [0.29, 0.717) is 56.3 Å². The monoisotopic (exact) mass is 601 g/mol. The van der Waals surface area contributed by atoms with Gasteiger partial charge in [0.15, 0.2) is 23.1 Å². The summed E-state index contributed by atoms with van der Waals surface area (Å²) in [5.74, 6) is -2.26. The van der Waals surface area contributed by atoms with Crippen LogP contribution in [0.15, 0.2) is 77.9 Å². The Morgan fingerprint density at radius 2 is 1.77 bits per heavy atom. The van der Waals surface area contributed by atoms with E-state index in [0.717, 1.165) is 11.8 Å². The fourth-order valence-electron chi connectivity index (χ4n) is 5.32. The van der Waals surface area contributed by atoms with Crippen LogP contribution in [0.3, 0.4) is 0 Å². The van der Waals surface area contributed by atoms with E-state index in [2.05, 4.69) is 15.2 Å². The molecule has 2 aromatic heterocycles. The number of nitrogens with zero attached hydrogens (tertiary/aromatic N) is 3. The number of hydrogen-bond acceptors (Lipinski definition) is 8. The zero-order chi connectivity index (χ0) is 30.7. The predicted octanol–water partition coefficient (Wildman–Crippen LogP) is 5.09. The first-order valence-corrected chi connectivity index (χ1v) is 14.1. The number of hydrogen-bond donors (Lipinski definition) is 2. The fraction of sp³-hybridized carbons (Fsp3) is 0.250. The van der Waals surface area contributed by atoms with E-state index in [9.17, 15) is 14.0 Å². The van der Waals surface area contributed by atoms with E-state index in [4.69, 9.17) is 19.6 Å². The quantitative estimate of drug-likeness (QED) is 0.270. The van der Waals surface area contributed by atoms with Crippen molar-refractivity contribution in [1.82, 2.24) is 9.55 Å². The first-order valence-electron chi connectivity index (χ1n) is 14.1. The molecule has 10 nitrogen and oxygen atoms in total. The van der Waals surface area contributed by atoms with Gasteiger partial charge in [-0.15, -0.1) is 0 Å². The second-order valence-corrected chi connectivity index (χ2v) is 10.4. The van der Waals surface area contributed by atoms with Gasteiger partial charge in [0.25, 0.3) is 11.5 Å². The number of ether oxygens (including phenoxy) is 3. The predicted molar refractivity (Wildman–Crippen MR) is 159 cm³/mol. The second kappa shape index (κ2) is 12.3. The smallest absolute Gasteiger partial charge is 0.267 e. The summed E-state index contributed by atoms with van der Waals surface area (Å²) in [6.45, 7) is 2.55. The molecule has 0 unspecified atom stereocenters. The highest BCUT2D eigenvalue weighted by Crippen LogP contribution is 2.36. The van der Waals surface area contributed by atoms with Crippen molar-refractivity contribution in [2.24, 2.45) is 0 Å². The van der Waals surface area contributed by atoms with E-state index < -0.39 is 28.9 Å². The van der Waals surface area contributed by atoms with Gasteiger partial charge in [-0.2, -0.15) is 0 Å². The summed E-state index contributed by atoms with van der Waals surface area (Å²) in [6.07, 6.45) is 5.98. The summed E-state index contributed by atoms with van der Waals surface area (Å²) >= 11 is 0. The van der Waals surface area contributed by atoms with Crippen molar-refractivity contribution in [3.8, 4) is 17.2 Å². The normalized spacial score (nSPS) is 15.7. The van der Waals surface area contributed by atoms with Crippen molar-refractivity contribution < 1.29 is 27.8 Å². The standard InChI is InChI=1S/C32H29F2N5O5/c33-21-3-6-23(7-4-21)39-13-1-2-25(31(39)41)30(40)37-22-5-8-28(26(34)18-22)44-29-19-24(20-36-27(29)9-12-35)38-14-10-32(11-15-38)42-16-17-43-32/h1-8,12-13,18-20,35H,9-11,14-17H2,(H,37,40). The van der Waals surface area contributed by atoms with E-state index in [1.54, 1.807) is 12.3 Å². The number of carbonyl (C=O) groups is 1. The summed E-state index contributed by atoms with van der Waals surface area (Å²) in [7, 11) is 0. The Morgan fingerprint density at radius 3 is 2.48 bits per heavy atom. The van der Waals surface area contributed by atoms with Crippen LogP contribution in [0.25, 0.3) is 5.69 Å². The Morgan fingerprint density at radius 1 is 1.02 bits per heavy atom. The van der Waals surface area contributed by atoms with Crippen LogP contribution in [0.4, 0.5) is 20.2 Å². The molecule has 2 aliphatic rings. The third-order valence-corrected chi connectivity index (χ3v) is 7.62. The molecule has 2 N–H and O–H groups in total. The van der Waals surface area contributed by atoms with Gasteiger partial charge < -0.3 is 29.8 Å². The number of carbonyl (C=O) groups excluding carboxylic acids is 1. The number of benzene rings is 2. The van der Waals surface area contributed by atoms with Crippen LogP contribution in [0.5, 0.6) is 11.5 Å². The zero-order valence-corrected chi connectivity index (χ0v) is 23.6. The third-order valence-electron chi connectivity index (χ3n) is 7.62. The number of halogens is 2. The first-order chi connectivity index (χ1) is 21.3. The number of aromatic nitrogens is 2. The minimum Gasteiger partial charge on any atom is -0.452 e. The van der Waals surface area contributed by atoms with Crippen molar-refractivity contribution >= 4 is 23.5 Å². The second-order valence-electron chi connectivity index (χ2n) is 10.4. The maximum absolute atomic E-state index is 15.3. The lowest BCUT2D eigenvalue weighted by molar-refractivity contribution is -0.169. The van der Waals surface area contributed by atoms with Gasteiger partial charge in [-0.3, -0.25) is 19.1 Å². The van der Waals surface area contributed by atoms with Gasteiger partial charge in [-0.1, -0.05) is 0 Å². The van der Waals surface area contributed by atoms with Gasteiger partial charge in [-0.25, -0.2) is 8.78 Å². The Hall–Kier alpha value is -4.94. The van der Waals surface area contributed by atoms with Gasteiger partial charge in [0.1, 0.15) is 11.4 Å². The number of rotatable bonds is 8. The third kappa shape index (κ3) is 6.08. The first kappa shape index (κ1) is 29.1. The molecule has 0 aliphatic carbocycles. The molecule has 0 atom stereocenters. The molecular formula is C32H29F2N5O5. The van der Waals surface area contributed by atoms with Crippen molar-refractivity contribution in [2.45, 2.75) is 25.0 Å². The van der Waals surface area contributed by atoms with Gasteiger partial charge in [0.2, 0.25) is 0 Å². The topological polar surface area (TPSA) is 119 Å². The molecule has 6 rings (SSSR count). The van der Waals surface area contributed by atoms with Crippen LogP contribution >= 0.6 is 0 Å². The Bertz CT molecular complexity index is 1750. The summed E-state index contributed by atoms with van der Waals surface area (Å²) in [5.41, 5.74) is 0.974. The average Bonchev–Trinajstić information content (AvgIpc) is 3.48. The van der Waals surface area contributed by atoms with Crippen molar-refractivity contribution in [3.63, 3.8) is 0 Å². The van der Waals surface area contributed by atoms with E-state index in [1.165, 1.54) is 65.5 Å². The summed E-state index contributed by atoms with van der Waals surface area (Å²) < 4.78 is 47.4. The number of piperidine rings is 1. The maximum atomic E-state index is 15.3. The lowest BCUT2D eigenvalue weighted by atomic mass is 10.0. The molecule has 2 saturated heterocycles. The van der Waals surface area contributed by atoms with Crippen LogP contribution in [-0.2, 0) is 15.9 Å². The van der Waals surface area contributed by atoms with Crippen LogP contribution in [-0.4, -0.2) is 53.8 Å². The minimum absolute atomic E-state index is 0.100. The average molecular weight is 602 g/mol. The molecule has 0 radical (unpaired) electrons. The van der Waals surface area contributed by atoms with E-state index in [1.807, 2.05) is 0 Å². The number of pyridine rings is 2. The molecule has 4 aromatic rings. The fourth-order valence-corrected chi connectivity index (χ4v) is 5.32. The molecule has 0 bridgehead atoms. The number of amides is 1. The highest BCUT2D eigenvalue weighted by atomic mass is 19.1. The van der Waals surface area contributed by atoms with Crippen LogP contribution < -0.4 is 20.5 Å².